The van der Waals surface area contributed by atoms with Crippen molar-refractivity contribution >= 4 is 17.7 Å². The summed E-state index contributed by atoms with van der Waals surface area (Å²) in [7, 11) is 0. The Balaban J connectivity index is 1.53. The summed E-state index contributed by atoms with van der Waals surface area (Å²) in [6, 6.07) is 16.3. The number of ether oxygens (including phenoxy) is 1. The second kappa shape index (κ2) is 10.7. The van der Waals surface area contributed by atoms with E-state index >= 15 is 0 Å². The Morgan fingerprint density at radius 2 is 1.88 bits per heavy atom. The maximum atomic E-state index is 13.5. The van der Waals surface area contributed by atoms with Crippen molar-refractivity contribution in [2.75, 3.05) is 12.4 Å². The molecular weight excluding hydrogens is 451 g/mol. The first kappa shape index (κ1) is 24.4. The molecule has 0 N–H and O–H groups in total. The summed E-state index contributed by atoms with van der Waals surface area (Å²) < 4.78 is 21.3. The Kier molecular flexibility index (Phi) is 7.68. The molecule has 0 radical (unpaired) electrons. The summed E-state index contributed by atoms with van der Waals surface area (Å²) >= 11 is 1.38. The number of benzene rings is 2. The van der Waals surface area contributed by atoms with E-state index in [-0.39, 0.29) is 29.1 Å². The Labute approximate surface area is 204 Å². The lowest BCUT2D eigenvalue weighted by Gasteiger charge is -2.36. The number of amides is 1. The van der Waals surface area contributed by atoms with Crippen LogP contribution in [0.1, 0.15) is 39.2 Å². The highest BCUT2D eigenvalue weighted by molar-refractivity contribution is 7.99. The maximum Gasteiger partial charge on any atom is 0.233 e. The van der Waals surface area contributed by atoms with Crippen LogP contribution in [-0.4, -0.2) is 49.6 Å². The number of carbonyl (C=O) groups is 1. The van der Waals surface area contributed by atoms with E-state index in [0.29, 0.717) is 24.1 Å². The standard InChI is InChI=1S/C26H31FN4O2S/c1-26(2,3)31(16-19-8-5-4-6-9-19)23(32)18-34-25-29-28-24(20-11-13-21(27)14-12-20)30(25)17-22-10-7-15-33-22/h4-6,8-9,11-14,22H,7,10,15-18H2,1-3H3/t22-/m1/s1. The highest BCUT2D eigenvalue weighted by Crippen LogP contribution is 2.28. The molecule has 0 saturated carbocycles. The van der Waals surface area contributed by atoms with E-state index in [1.165, 1.54) is 23.9 Å². The molecule has 1 aromatic heterocycles. The Hall–Kier alpha value is -2.71. The summed E-state index contributed by atoms with van der Waals surface area (Å²) in [5.74, 6) is 0.644. The van der Waals surface area contributed by atoms with Crippen molar-refractivity contribution in [2.45, 2.75) is 63.5 Å². The lowest BCUT2D eigenvalue weighted by molar-refractivity contribution is -0.133. The van der Waals surface area contributed by atoms with E-state index in [9.17, 15) is 9.18 Å². The van der Waals surface area contributed by atoms with E-state index in [4.69, 9.17) is 4.74 Å². The molecule has 1 atom stereocenters. The third-order valence-electron chi connectivity index (χ3n) is 5.85. The predicted octanol–water partition coefficient (Wildman–Crippen LogP) is 5.18. The van der Waals surface area contributed by atoms with Crippen LogP contribution in [-0.2, 0) is 22.6 Å². The third-order valence-corrected chi connectivity index (χ3v) is 6.80. The van der Waals surface area contributed by atoms with Crippen molar-refractivity contribution in [3.63, 3.8) is 0 Å². The molecule has 0 spiro atoms. The van der Waals surface area contributed by atoms with Crippen molar-refractivity contribution < 1.29 is 13.9 Å². The van der Waals surface area contributed by atoms with Crippen LogP contribution in [0.15, 0.2) is 59.8 Å². The molecule has 3 aromatic rings. The van der Waals surface area contributed by atoms with Crippen molar-refractivity contribution in [1.29, 1.82) is 0 Å². The van der Waals surface area contributed by atoms with Gasteiger partial charge in [-0.2, -0.15) is 0 Å². The summed E-state index contributed by atoms with van der Waals surface area (Å²) in [4.78, 5) is 15.2. The fourth-order valence-corrected chi connectivity index (χ4v) is 4.86. The molecule has 1 saturated heterocycles. The van der Waals surface area contributed by atoms with E-state index in [2.05, 4.69) is 10.2 Å². The SMILES string of the molecule is CC(C)(C)N(Cc1ccccc1)C(=O)CSc1nnc(-c2ccc(F)cc2)n1C[C@H]1CCCO1. The van der Waals surface area contributed by atoms with Gasteiger partial charge in [0.15, 0.2) is 11.0 Å². The van der Waals surface area contributed by atoms with Gasteiger partial charge in [0.25, 0.3) is 0 Å². The van der Waals surface area contributed by atoms with Gasteiger partial charge in [0.05, 0.1) is 18.4 Å². The minimum Gasteiger partial charge on any atom is -0.376 e. The monoisotopic (exact) mass is 482 g/mol. The Bertz CT molecular complexity index is 1090. The van der Waals surface area contributed by atoms with Gasteiger partial charge in [-0.05, 0) is 63.4 Å². The van der Waals surface area contributed by atoms with E-state index in [1.54, 1.807) is 12.1 Å². The van der Waals surface area contributed by atoms with E-state index < -0.39 is 0 Å². The highest BCUT2D eigenvalue weighted by Gasteiger charge is 2.28. The maximum absolute atomic E-state index is 13.5. The van der Waals surface area contributed by atoms with Crippen molar-refractivity contribution in [3.05, 3.63) is 66.0 Å². The molecule has 1 aliphatic heterocycles. The topological polar surface area (TPSA) is 60.2 Å². The first-order valence-electron chi connectivity index (χ1n) is 11.6. The molecule has 0 bridgehead atoms. The number of carbonyl (C=O) groups excluding carboxylic acids is 1. The van der Waals surface area contributed by atoms with Gasteiger partial charge in [-0.1, -0.05) is 42.1 Å². The van der Waals surface area contributed by atoms with Crippen molar-refractivity contribution in [2.24, 2.45) is 0 Å². The molecule has 0 aliphatic carbocycles. The molecule has 8 heteroatoms. The molecule has 0 unspecified atom stereocenters. The van der Waals surface area contributed by atoms with Gasteiger partial charge < -0.3 is 9.64 Å². The Morgan fingerprint density at radius 3 is 2.53 bits per heavy atom. The minimum atomic E-state index is -0.321. The van der Waals surface area contributed by atoms with Gasteiger partial charge in [-0.15, -0.1) is 10.2 Å². The molecule has 1 amide bonds. The van der Waals surface area contributed by atoms with Gasteiger partial charge in [0, 0.05) is 24.3 Å². The molecule has 1 aliphatic rings. The first-order valence-corrected chi connectivity index (χ1v) is 12.6. The lowest BCUT2D eigenvalue weighted by atomic mass is 10.0. The number of hydrogen-bond acceptors (Lipinski definition) is 5. The van der Waals surface area contributed by atoms with Crippen LogP contribution in [0.3, 0.4) is 0 Å². The normalized spacial score (nSPS) is 16.1. The average molecular weight is 483 g/mol. The van der Waals surface area contributed by atoms with Crippen LogP contribution in [0, 0.1) is 5.82 Å². The van der Waals surface area contributed by atoms with Crippen LogP contribution in [0.2, 0.25) is 0 Å². The number of hydrogen-bond donors (Lipinski definition) is 0. The number of halogens is 1. The number of rotatable bonds is 8. The molecule has 6 nitrogen and oxygen atoms in total. The van der Waals surface area contributed by atoms with E-state index in [1.807, 2.05) is 60.6 Å². The predicted molar refractivity (Wildman–Crippen MR) is 132 cm³/mol. The fourth-order valence-electron chi connectivity index (χ4n) is 4.03. The van der Waals surface area contributed by atoms with Crippen LogP contribution in [0.5, 0.6) is 0 Å². The van der Waals surface area contributed by atoms with E-state index in [0.717, 1.165) is 30.6 Å². The van der Waals surface area contributed by atoms with Crippen LogP contribution in [0.4, 0.5) is 4.39 Å². The zero-order valence-corrected chi connectivity index (χ0v) is 20.7. The number of aromatic nitrogens is 3. The van der Waals surface area contributed by atoms with Crippen LogP contribution < -0.4 is 0 Å². The molecule has 180 valence electrons. The van der Waals surface area contributed by atoms with Gasteiger partial charge in [0.2, 0.25) is 5.91 Å². The minimum absolute atomic E-state index is 0.0383. The molecule has 4 rings (SSSR count). The smallest absolute Gasteiger partial charge is 0.233 e. The molecule has 2 aromatic carbocycles. The molecule has 1 fully saturated rings. The van der Waals surface area contributed by atoms with Crippen LogP contribution in [0.25, 0.3) is 11.4 Å². The second-order valence-electron chi connectivity index (χ2n) is 9.48. The number of nitrogens with zero attached hydrogens (tertiary/aromatic N) is 4. The summed E-state index contributed by atoms with van der Waals surface area (Å²) in [6.45, 7) is 8.04. The first-order chi connectivity index (χ1) is 16.3. The third kappa shape index (κ3) is 6.04. The summed E-state index contributed by atoms with van der Waals surface area (Å²) in [5, 5.41) is 9.44. The quantitative estimate of drug-likeness (QED) is 0.414. The van der Waals surface area contributed by atoms with Crippen molar-refractivity contribution in [3.8, 4) is 11.4 Å². The zero-order valence-electron chi connectivity index (χ0n) is 19.9. The highest BCUT2D eigenvalue weighted by atomic mass is 32.2. The number of thioether (sulfide) groups is 1. The fraction of sp³-hybridized carbons (Fsp3) is 0.423. The van der Waals surface area contributed by atoms with Gasteiger partial charge in [-0.25, -0.2) is 4.39 Å². The second-order valence-corrected chi connectivity index (χ2v) is 10.4. The molecule has 2 heterocycles. The Morgan fingerprint density at radius 1 is 1.15 bits per heavy atom. The van der Waals surface area contributed by atoms with Crippen molar-refractivity contribution in [1.82, 2.24) is 19.7 Å². The summed E-state index contributed by atoms with van der Waals surface area (Å²) in [6.07, 6.45) is 2.08. The van der Waals surface area contributed by atoms with Gasteiger partial charge in [-0.3, -0.25) is 9.36 Å². The molecular formula is C26H31FN4O2S. The largest absolute Gasteiger partial charge is 0.376 e. The van der Waals surface area contributed by atoms with Crippen LogP contribution >= 0.6 is 11.8 Å². The van der Waals surface area contributed by atoms with Gasteiger partial charge in [0.1, 0.15) is 5.82 Å². The average Bonchev–Trinajstić information content (AvgIpc) is 3.47. The lowest BCUT2D eigenvalue weighted by Crippen LogP contribution is -2.46. The summed E-state index contributed by atoms with van der Waals surface area (Å²) in [5.41, 5.74) is 1.55. The molecule has 34 heavy (non-hydrogen) atoms. The van der Waals surface area contributed by atoms with Gasteiger partial charge >= 0.3 is 0 Å². The zero-order chi connectivity index (χ0) is 24.1.